The molecule has 1 aromatic rings. The van der Waals surface area contributed by atoms with Crippen LogP contribution >= 0.6 is 0 Å². The molecule has 0 saturated heterocycles. The lowest BCUT2D eigenvalue weighted by Gasteiger charge is -2.18. The Morgan fingerprint density at radius 3 is 2.83 bits per heavy atom. The van der Waals surface area contributed by atoms with Crippen LogP contribution in [0.1, 0.15) is 24.5 Å². The molecule has 0 bridgehead atoms. The fourth-order valence-electron chi connectivity index (χ4n) is 2.28. The van der Waals surface area contributed by atoms with Crippen LogP contribution in [0.3, 0.4) is 0 Å². The number of fused-ring (bicyclic) bond motifs is 1. The van der Waals surface area contributed by atoms with E-state index in [-0.39, 0.29) is 0 Å². The summed E-state index contributed by atoms with van der Waals surface area (Å²) in [5.74, 6) is -0.828. The number of nitrogens with zero attached hydrogens (tertiary/aromatic N) is 1. The predicted molar refractivity (Wildman–Crippen MR) is 71.4 cm³/mol. The van der Waals surface area contributed by atoms with Crippen LogP contribution in [-0.4, -0.2) is 29.1 Å². The van der Waals surface area contributed by atoms with E-state index in [1.54, 1.807) is 13.0 Å². The number of carbonyl (C=O) groups is 1. The fraction of sp³-hybridized carbons (Fsp3) is 0.400. The first kappa shape index (κ1) is 12.8. The summed E-state index contributed by atoms with van der Waals surface area (Å²) in [4.78, 5) is 13.1. The Balaban J connectivity index is 2.04. The van der Waals surface area contributed by atoms with Gasteiger partial charge in [-0.15, -0.1) is 0 Å². The monoisotopic (exact) mass is 245 g/mol. The molecule has 0 atom stereocenters. The van der Waals surface area contributed by atoms with Crippen LogP contribution in [0.4, 0.5) is 0 Å². The average Bonchev–Trinajstić information content (AvgIpc) is 2.57. The van der Waals surface area contributed by atoms with Gasteiger partial charge in [0.05, 0.1) is 0 Å². The van der Waals surface area contributed by atoms with Crippen molar-refractivity contribution in [1.82, 2.24) is 4.90 Å². The summed E-state index contributed by atoms with van der Waals surface area (Å²) >= 11 is 0. The number of rotatable bonds is 3. The zero-order chi connectivity index (χ0) is 13.0. The maximum atomic E-state index is 10.8. The molecule has 0 spiro atoms. The van der Waals surface area contributed by atoms with Crippen molar-refractivity contribution < 1.29 is 9.90 Å². The lowest BCUT2D eigenvalue weighted by Crippen LogP contribution is -2.23. The van der Waals surface area contributed by atoms with Crippen LogP contribution in [-0.2, 0) is 17.8 Å². The van der Waals surface area contributed by atoms with Gasteiger partial charge in [-0.2, -0.15) is 0 Å². The largest absolute Gasteiger partial charge is 0.478 e. The predicted octanol–water partition coefficient (Wildman–Crippen LogP) is 2.47. The standard InChI is InChI=1S/C15H19NO2/c1-12(15(17)18)8-10-16-9-4-7-13-5-2-3-6-14(13)11-16/h2-3,5-6,8H,4,7,9-11H2,1H3,(H,17,18). The van der Waals surface area contributed by atoms with Crippen molar-refractivity contribution in [1.29, 1.82) is 0 Å². The van der Waals surface area contributed by atoms with Crippen LogP contribution in [0.2, 0.25) is 0 Å². The van der Waals surface area contributed by atoms with Gasteiger partial charge in [-0.1, -0.05) is 30.3 Å². The highest BCUT2D eigenvalue weighted by atomic mass is 16.4. The van der Waals surface area contributed by atoms with Gasteiger partial charge in [0, 0.05) is 18.7 Å². The first-order valence-corrected chi connectivity index (χ1v) is 6.36. The zero-order valence-corrected chi connectivity index (χ0v) is 10.7. The summed E-state index contributed by atoms with van der Waals surface area (Å²) in [6.07, 6.45) is 4.06. The van der Waals surface area contributed by atoms with Crippen LogP contribution < -0.4 is 0 Å². The summed E-state index contributed by atoms with van der Waals surface area (Å²) in [6, 6.07) is 8.52. The molecule has 0 amide bonds. The van der Waals surface area contributed by atoms with Crippen molar-refractivity contribution in [3.05, 3.63) is 47.0 Å². The van der Waals surface area contributed by atoms with E-state index >= 15 is 0 Å². The van der Waals surface area contributed by atoms with Gasteiger partial charge in [0.25, 0.3) is 0 Å². The Kier molecular flexibility index (Phi) is 4.15. The molecule has 18 heavy (non-hydrogen) atoms. The van der Waals surface area contributed by atoms with Crippen LogP contribution in [0.15, 0.2) is 35.9 Å². The Morgan fingerprint density at radius 1 is 1.39 bits per heavy atom. The van der Waals surface area contributed by atoms with Gasteiger partial charge < -0.3 is 5.11 Å². The third-order valence-electron chi connectivity index (χ3n) is 3.43. The Bertz CT molecular complexity index is 465. The van der Waals surface area contributed by atoms with E-state index in [4.69, 9.17) is 5.11 Å². The maximum Gasteiger partial charge on any atom is 0.330 e. The van der Waals surface area contributed by atoms with Gasteiger partial charge in [-0.3, -0.25) is 4.90 Å². The SMILES string of the molecule is CC(=CCN1CCCc2ccccc2C1)C(=O)O. The van der Waals surface area contributed by atoms with Crippen molar-refractivity contribution in [2.24, 2.45) is 0 Å². The van der Waals surface area contributed by atoms with E-state index in [9.17, 15) is 4.79 Å². The van der Waals surface area contributed by atoms with Crippen LogP contribution in [0, 0.1) is 0 Å². The quantitative estimate of drug-likeness (QED) is 0.832. The molecule has 1 aromatic carbocycles. The van der Waals surface area contributed by atoms with Crippen LogP contribution in [0.5, 0.6) is 0 Å². The molecule has 3 heteroatoms. The third-order valence-corrected chi connectivity index (χ3v) is 3.43. The minimum Gasteiger partial charge on any atom is -0.478 e. The molecule has 0 fully saturated rings. The number of carboxylic acids is 1. The number of carboxylic acid groups (broad SMARTS) is 1. The molecule has 0 unspecified atom stereocenters. The smallest absolute Gasteiger partial charge is 0.330 e. The molecule has 0 aliphatic carbocycles. The zero-order valence-electron chi connectivity index (χ0n) is 10.7. The van der Waals surface area contributed by atoms with E-state index in [1.165, 1.54) is 11.1 Å². The van der Waals surface area contributed by atoms with Gasteiger partial charge in [-0.05, 0) is 37.4 Å². The summed E-state index contributed by atoms with van der Waals surface area (Å²) in [6.45, 7) is 4.30. The van der Waals surface area contributed by atoms with Crippen molar-refractivity contribution >= 4 is 5.97 Å². The van der Waals surface area contributed by atoms with Gasteiger partial charge >= 0.3 is 5.97 Å². The van der Waals surface area contributed by atoms with Crippen molar-refractivity contribution in [3.8, 4) is 0 Å². The summed E-state index contributed by atoms with van der Waals surface area (Å²) in [5, 5.41) is 8.84. The molecule has 1 heterocycles. The second kappa shape index (κ2) is 5.83. The first-order valence-electron chi connectivity index (χ1n) is 6.36. The number of aryl methyl sites for hydroxylation is 1. The molecular formula is C15H19NO2. The second-order valence-electron chi connectivity index (χ2n) is 4.80. The number of hydrogen-bond acceptors (Lipinski definition) is 2. The molecule has 1 aliphatic rings. The minimum atomic E-state index is -0.828. The number of benzene rings is 1. The highest BCUT2D eigenvalue weighted by molar-refractivity contribution is 5.85. The molecule has 96 valence electrons. The van der Waals surface area contributed by atoms with Crippen molar-refractivity contribution in [2.45, 2.75) is 26.3 Å². The lowest BCUT2D eigenvalue weighted by atomic mass is 10.0. The average molecular weight is 245 g/mol. The van der Waals surface area contributed by atoms with Gasteiger partial charge in [0.1, 0.15) is 0 Å². The van der Waals surface area contributed by atoms with E-state index in [2.05, 4.69) is 29.2 Å². The third kappa shape index (κ3) is 3.20. The highest BCUT2D eigenvalue weighted by Crippen LogP contribution is 2.18. The normalized spacial score (nSPS) is 17.1. The Labute approximate surface area is 108 Å². The van der Waals surface area contributed by atoms with Gasteiger partial charge in [0.15, 0.2) is 0 Å². The molecule has 1 N–H and O–H groups in total. The van der Waals surface area contributed by atoms with E-state index in [0.717, 1.165) is 25.9 Å². The number of hydrogen-bond donors (Lipinski definition) is 1. The summed E-state index contributed by atoms with van der Waals surface area (Å²) in [7, 11) is 0. The Hall–Kier alpha value is -1.61. The molecule has 1 aliphatic heterocycles. The second-order valence-corrected chi connectivity index (χ2v) is 4.80. The first-order chi connectivity index (χ1) is 8.66. The molecule has 2 rings (SSSR count). The summed E-state index contributed by atoms with van der Waals surface area (Å²) in [5.41, 5.74) is 3.22. The maximum absolute atomic E-state index is 10.8. The fourth-order valence-corrected chi connectivity index (χ4v) is 2.28. The topological polar surface area (TPSA) is 40.5 Å². The molecule has 3 nitrogen and oxygen atoms in total. The van der Waals surface area contributed by atoms with E-state index in [1.807, 2.05) is 0 Å². The van der Waals surface area contributed by atoms with E-state index < -0.39 is 5.97 Å². The van der Waals surface area contributed by atoms with E-state index in [0.29, 0.717) is 12.1 Å². The molecule has 0 aromatic heterocycles. The lowest BCUT2D eigenvalue weighted by molar-refractivity contribution is -0.132. The minimum absolute atomic E-state index is 0.424. The van der Waals surface area contributed by atoms with Crippen molar-refractivity contribution in [3.63, 3.8) is 0 Å². The summed E-state index contributed by atoms with van der Waals surface area (Å²) < 4.78 is 0. The highest BCUT2D eigenvalue weighted by Gasteiger charge is 2.13. The molecule has 0 radical (unpaired) electrons. The van der Waals surface area contributed by atoms with Gasteiger partial charge in [0.2, 0.25) is 0 Å². The molecular weight excluding hydrogens is 226 g/mol. The van der Waals surface area contributed by atoms with Gasteiger partial charge in [-0.25, -0.2) is 4.79 Å². The molecule has 0 saturated carbocycles. The van der Waals surface area contributed by atoms with Crippen LogP contribution in [0.25, 0.3) is 0 Å². The Morgan fingerprint density at radius 2 is 2.11 bits per heavy atom. The van der Waals surface area contributed by atoms with Crippen molar-refractivity contribution in [2.75, 3.05) is 13.1 Å². The number of aliphatic carboxylic acids is 1.